The van der Waals surface area contributed by atoms with E-state index in [0.29, 0.717) is 37.4 Å². The molecule has 0 bridgehead atoms. The topological polar surface area (TPSA) is 88.2 Å². The number of piperazine rings is 1. The van der Waals surface area contributed by atoms with Gasteiger partial charge in [-0.05, 0) is 59.7 Å². The van der Waals surface area contributed by atoms with E-state index in [4.69, 9.17) is 9.47 Å². The van der Waals surface area contributed by atoms with Crippen molar-refractivity contribution in [2.45, 2.75) is 52.7 Å². The Morgan fingerprint density at radius 3 is 1.97 bits per heavy atom. The summed E-state index contributed by atoms with van der Waals surface area (Å²) in [6.45, 7) is 12.5. The molecule has 0 saturated carbocycles. The van der Waals surface area contributed by atoms with Crippen LogP contribution in [0, 0.1) is 0 Å². The summed E-state index contributed by atoms with van der Waals surface area (Å²) in [6.07, 6.45) is -0.943. The molecule has 0 radical (unpaired) electrons. The van der Waals surface area contributed by atoms with E-state index >= 15 is 0 Å². The molecule has 1 fully saturated rings. The van der Waals surface area contributed by atoms with Gasteiger partial charge in [-0.1, -0.05) is 6.07 Å². The van der Waals surface area contributed by atoms with Gasteiger partial charge in [-0.15, -0.1) is 0 Å². The number of nitrogens with one attached hydrogen (secondary N) is 1. The average Bonchev–Trinajstić information content (AvgIpc) is 2.58. The number of hydrogen-bond acceptors (Lipinski definition) is 5. The van der Waals surface area contributed by atoms with E-state index in [-0.39, 0.29) is 12.0 Å². The highest BCUT2D eigenvalue weighted by Gasteiger charge is 2.28. The molecule has 0 atom stereocenters. The van der Waals surface area contributed by atoms with Gasteiger partial charge in [0.05, 0.1) is 0 Å². The van der Waals surface area contributed by atoms with E-state index in [1.165, 1.54) is 0 Å². The summed E-state index contributed by atoms with van der Waals surface area (Å²) in [5.74, 6) is -0.151. The SMILES string of the molecule is CC(C)(C)OC(=O)Nc1cccc(C(=O)N2CCN(C(=O)OC(C)(C)C)CC2)c1. The van der Waals surface area contributed by atoms with E-state index in [1.54, 1.807) is 54.8 Å². The van der Waals surface area contributed by atoms with Crippen LogP contribution in [0.3, 0.4) is 0 Å². The monoisotopic (exact) mass is 405 g/mol. The maximum Gasteiger partial charge on any atom is 0.412 e. The number of carbonyl (C=O) groups excluding carboxylic acids is 3. The molecule has 1 aliphatic rings. The first-order valence-electron chi connectivity index (χ1n) is 9.71. The lowest BCUT2D eigenvalue weighted by Gasteiger charge is -2.35. The van der Waals surface area contributed by atoms with E-state index in [9.17, 15) is 14.4 Å². The Morgan fingerprint density at radius 1 is 0.862 bits per heavy atom. The van der Waals surface area contributed by atoms with Crippen LogP contribution in [0.15, 0.2) is 24.3 Å². The lowest BCUT2D eigenvalue weighted by molar-refractivity contribution is 0.0141. The number of rotatable bonds is 2. The predicted molar refractivity (Wildman–Crippen MR) is 110 cm³/mol. The Kier molecular flexibility index (Phi) is 6.77. The van der Waals surface area contributed by atoms with Crippen LogP contribution >= 0.6 is 0 Å². The Hall–Kier alpha value is -2.77. The summed E-state index contributed by atoms with van der Waals surface area (Å²) in [5, 5.41) is 2.64. The van der Waals surface area contributed by atoms with Crippen LogP contribution in [-0.4, -0.2) is 65.3 Å². The van der Waals surface area contributed by atoms with Crippen molar-refractivity contribution in [1.82, 2.24) is 9.80 Å². The largest absolute Gasteiger partial charge is 0.444 e. The van der Waals surface area contributed by atoms with Crippen LogP contribution < -0.4 is 5.32 Å². The molecule has 0 aliphatic carbocycles. The third-order valence-corrected chi connectivity index (χ3v) is 3.97. The minimum Gasteiger partial charge on any atom is -0.444 e. The van der Waals surface area contributed by atoms with Gasteiger partial charge in [0.2, 0.25) is 0 Å². The van der Waals surface area contributed by atoms with Crippen molar-refractivity contribution in [1.29, 1.82) is 0 Å². The van der Waals surface area contributed by atoms with Crippen molar-refractivity contribution in [3.05, 3.63) is 29.8 Å². The second kappa shape index (κ2) is 8.71. The first-order chi connectivity index (χ1) is 13.3. The summed E-state index contributed by atoms with van der Waals surface area (Å²) in [4.78, 5) is 40.2. The molecule has 1 aliphatic heterocycles. The summed E-state index contributed by atoms with van der Waals surface area (Å²) >= 11 is 0. The Balaban J connectivity index is 1.94. The van der Waals surface area contributed by atoms with Gasteiger partial charge in [-0.25, -0.2) is 9.59 Å². The molecule has 0 aromatic heterocycles. The van der Waals surface area contributed by atoms with Crippen LogP contribution in [0.1, 0.15) is 51.9 Å². The van der Waals surface area contributed by atoms with Gasteiger partial charge < -0.3 is 19.3 Å². The normalized spacial score (nSPS) is 15.0. The number of hydrogen-bond donors (Lipinski definition) is 1. The standard InChI is InChI=1S/C21H31N3O5/c1-20(2,3)28-18(26)22-16-9-7-8-15(14-16)17(25)23-10-12-24(13-11-23)19(27)29-21(4,5)6/h7-9,14H,10-13H2,1-6H3,(H,22,26). The van der Waals surface area contributed by atoms with Crippen molar-refractivity contribution in [3.63, 3.8) is 0 Å². The van der Waals surface area contributed by atoms with E-state index in [1.807, 2.05) is 20.8 Å². The summed E-state index contributed by atoms with van der Waals surface area (Å²) in [6, 6.07) is 6.72. The zero-order valence-electron chi connectivity index (χ0n) is 18.1. The second-order valence-corrected chi connectivity index (χ2v) is 8.97. The van der Waals surface area contributed by atoms with Crippen molar-refractivity contribution in [2.24, 2.45) is 0 Å². The minimum atomic E-state index is -0.606. The zero-order valence-corrected chi connectivity index (χ0v) is 18.1. The van der Waals surface area contributed by atoms with Gasteiger partial charge in [0.25, 0.3) is 5.91 Å². The lowest BCUT2D eigenvalue weighted by atomic mass is 10.1. The number of benzene rings is 1. The number of ether oxygens (including phenoxy) is 2. The van der Waals surface area contributed by atoms with Crippen molar-refractivity contribution in [2.75, 3.05) is 31.5 Å². The highest BCUT2D eigenvalue weighted by atomic mass is 16.6. The van der Waals surface area contributed by atoms with Gasteiger partial charge in [0, 0.05) is 37.4 Å². The van der Waals surface area contributed by atoms with Crippen LogP contribution in [0.25, 0.3) is 0 Å². The molecule has 0 unspecified atom stereocenters. The second-order valence-electron chi connectivity index (χ2n) is 8.97. The summed E-state index contributed by atoms with van der Waals surface area (Å²) < 4.78 is 10.6. The maximum atomic E-state index is 12.8. The molecular weight excluding hydrogens is 374 g/mol. The highest BCUT2D eigenvalue weighted by molar-refractivity contribution is 5.96. The van der Waals surface area contributed by atoms with Gasteiger partial charge >= 0.3 is 12.2 Å². The molecule has 160 valence electrons. The quantitative estimate of drug-likeness (QED) is 0.810. The maximum absolute atomic E-state index is 12.8. The van der Waals surface area contributed by atoms with Crippen LogP contribution in [-0.2, 0) is 9.47 Å². The Bertz CT molecular complexity index is 756. The molecule has 8 nitrogen and oxygen atoms in total. The molecular formula is C21H31N3O5. The Labute approximate surface area is 172 Å². The number of amides is 3. The highest BCUT2D eigenvalue weighted by Crippen LogP contribution is 2.17. The molecule has 8 heteroatoms. The molecule has 1 heterocycles. The number of anilines is 1. The van der Waals surface area contributed by atoms with Gasteiger partial charge in [0.15, 0.2) is 0 Å². The molecule has 3 amide bonds. The first kappa shape index (κ1) is 22.5. The van der Waals surface area contributed by atoms with E-state index in [0.717, 1.165) is 0 Å². The number of carbonyl (C=O) groups is 3. The van der Waals surface area contributed by atoms with Crippen LogP contribution in [0.4, 0.5) is 15.3 Å². The van der Waals surface area contributed by atoms with Gasteiger partial charge in [-0.2, -0.15) is 0 Å². The molecule has 2 rings (SSSR count). The third kappa shape index (κ3) is 7.29. The fraction of sp³-hybridized carbons (Fsp3) is 0.571. The fourth-order valence-corrected chi connectivity index (χ4v) is 2.75. The van der Waals surface area contributed by atoms with Crippen LogP contribution in [0.2, 0.25) is 0 Å². The van der Waals surface area contributed by atoms with E-state index in [2.05, 4.69) is 5.32 Å². The smallest absolute Gasteiger partial charge is 0.412 e. The summed E-state index contributed by atoms with van der Waals surface area (Å²) in [7, 11) is 0. The van der Waals surface area contributed by atoms with Crippen molar-refractivity contribution in [3.8, 4) is 0 Å². The fourth-order valence-electron chi connectivity index (χ4n) is 2.75. The van der Waals surface area contributed by atoms with Crippen molar-refractivity contribution >= 4 is 23.8 Å². The predicted octanol–water partition coefficient (Wildman–Crippen LogP) is 3.73. The molecule has 1 aromatic carbocycles. The van der Waals surface area contributed by atoms with Crippen molar-refractivity contribution < 1.29 is 23.9 Å². The molecule has 1 saturated heterocycles. The average molecular weight is 405 g/mol. The first-order valence-corrected chi connectivity index (χ1v) is 9.71. The molecule has 0 spiro atoms. The van der Waals surface area contributed by atoms with Crippen LogP contribution in [0.5, 0.6) is 0 Å². The van der Waals surface area contributed by atoms with E-state index < -0.39 is 17.3 Å². The Morgan fingerprint density at radius 2 is 1.41 bits per heavy atom. The molecule has 1 N–H and O–H groups in total. The molecule has 29 heavy (non-hydrogen) atoms. The van der Waals surface area contributed by atoms with Gasteiger partial charge in [0.1, 0.15) is 11.2 Å². The van der Waals surface area contributed by atoms with Gasteiger partial charge in [-0.3, -0.25) is 10.1 Å². The lowest BCUT2D eigenvalue weighted by Crippen LogP contribution is -2.51. The summed E-state index contributed by atoms with van der Waals surface area (Å²) in [5.41, 5.74) is -0.210. The number of nitrogens with zero attached hydrogens (tertiary/aromatic N) is 2. The minimum absolute atomic E-state index is 0.151. The third-order valence-electron chi connectivity index (χ3n) is 3.97. The zero-order chi connectivity index (χ0) is 21.8. The molecule has 1 aromatic rings.